The minimum Gasteiger partial charge on any atom is -0.333 e. The van der Waals surface area contributed by atoms with E-state index < -0.39 is 0 Å². The molecule has 0 spiro atoms. The van der Waals surface area contributed by atoms with E-state index in [2.05, 4.69) is 27.4 Å². The van der Waals surface area contributed by atoms with Crippen molar-refractivity contribution >= 4 is 11.8 Å². The number of benzene rings is 1. The average Bonchev–Trinajstić information content (AvgIpc) is 3.48. The smallest absolute Gasteiger partial charge is 0.276 e. The summed E-state index contributed by atoms with van der Waals surface area (Å²) in [4.78, 5) is 33.6. The van der Waals surface area contributed by atoms with E-state index in [4.69, 9.17) is 0 Å². The highest BCUT2D eigenvalue weighted by Crippen LogP contribution is 2.22. The zero-order valence-electron chi connectivity index (χ0n) is 17.2. The van der Waals surface area contributed by atoms with Crippen LogP contribution in [0.1, 0.15) is 44.9 Å². The number of carbonyl (C=O) groups is 2. The Hall–Kier alpha value is -3.55. The number of hydrogen-bond acceptors (Lipinski definition) is 5. The Bertz CT molecular complexity index is 1100. The second-order valence-corrected chi connectivity index (χ2v) is 8.08. The van der Waals surface area contributed by atoms with Gasteiger partial charge in [0, 0.05) is 25.8 Å². The van der Waals surface area contributed by atoms with Crippen LogP contribution in [0.15, 0.2) is 54.9 Å². The summed E-state index contributed by atoms with van der Waals surface area (Å²) in [5.41, 5.74) is 3.28. The highest BCUT2D eigenvalue weighted by atomic mass is 16.2. The maximum atomic E-state index is 13.0. The van der Waals surface area contributed by atoms with Crippen LogP contribution in [0, 0.1) is 0 Å². The molecule has 1 fully saturated rings. The van der Waals surface area contributed by atoms with Crippen LogP contribution in [-0.2, 0) is 19.5 Å². The van der Waals surface area contributed by atoms with Crippen molar-refractivity contribution in [3.63, 3.8) is 0 Å². The van der Waals surface area contributed by atoms with Crippen LogP contribution in [0.5, 0.6) is 0 Å². The Morgan fingerprint density at radius 3 is 2.65 bits per heavy atom. The third-order valence-electron chi connectivity index (χ3n) is 6.10. The third-order valence-corrected chi connectivity index (χ3v) is 6.10. The van der Waals surface area contributed by atoms with E-state index in [0.29, 0.717) is 37.6 Å². The van der Waals surface area contributed by atoms with Crippen LogP contribution in [0.4, 0.5) is 0 Å². The molecule has 0 saturated carbocycles. The fraction of sp³-hybridized carbons (Fsp3) is 0.348. The number of amides is 2. The van der Waals surface area contributed by atoms with E-state index in [-0.39, 0.29) is 17.9 Å². The molecule has 2 aromatic heterocycles. The van der Waals surface area contributed by atoms with Gasteiger partial charge in [-0.15, -0.1) is 5.10 Å². The van der Waals surface area contributed by atoms with Gasteiger partial charge in [-0.05, 0) is 42.5 Å². The molecule has 0 radical (unpaired) electrons. The third kappa shape index (κ3) is 3.93. The van der Waals surface area contributed by atoms with E-state index >= 15 is 0 Å². The first-order valence-electron chi connectivity index (χ1n) is 10.7. The molecule has 4 heterocycles. The highest BCUT2D eigenvalue weighted by molar-refractivity contribution is 5.93. The van der Waals surface area contributed by atoms with Crippen molar-refractivity contribution in [3.8, 4) is 0 Å². The van der Waals surface area contributed by atoms with Crippen LogP contribution in [0.25, 0.3) is 0 Å². The van der Waals surface area contributed by atoms with Gasteiger partial charge in [0.05, 0.1) is 18.8 Å². The van der Waals surface area contributed by atoms with Crippen LogP contribution in [0.3, 0.4) is 0 Å². The van der Waals surface area contributed by atoms with E-state index in [9.17, 15) is 9.59 Å². The number of fused-ring (bicyclic) bond motifs is 1. The standard InChI is InChI=1S/C23H24N6O2/c30-22(27-13-10-17-6-1-2-7-18(17)14-27)21-16-28(26-25-21)15-19-8-5-12-29(19)23(31)20-9-3-4-11-24-20/h1-4,6-7,9,11,16,19H,5,8,10,12-15H2. The molecule has 1 aromatic carbocycles. The summed E-state index contributed by atoms with van der Waals surface area (Å²) in [5, 5.41) is 8.30. The molecule has 5 rings (SSSR count). The molecule has 1 unspecified atom stereocenters. The molecule has 1 saturated heterocycles. The predicted octanol–water partition coefficient (Wildman–Crippen LogP) is 2.18. The topological polar surface area (TPSA) is 84.2 Å². The average molecular weight is 416 g/mol. The van der Waals surface area contributed by atoms with E-state index in [0.717, 1.165) is 19.3 Å². The Labute approximate surface area is 180 Å². The number of nitrogens with zero attached hydrogens (tertiary/aromatic N) is 6. The van der Waals surface area contributed by atoms with Gasteiger partial charge >= 0.3 is 0 Å². The van der Waals surface area contributed by atoms with Crippen molar-refractivity contribution in [2.24, 2.45) is 0 Å². The molecule has 8 nitrogen and oxygen atoms in total. The fourth-order valence-electron chi connectivity index (χ4n) is 4.46. The first kappa shape index (κ1) is 19.4. The molecule has 1 atom stereocenters. The molecule has 2 aliphatic heterocycles. The van der Waals surface area contributed by atoms with Gasteiger partial charge in [-0.25, -0.2) is 4.68 Å². The van der Waals surface area contributed by atoms with Crippen molar-refractivity contribution in [2.45, 2.75) is 38.4 Å². The zero-order chi connectivity index (χ0) is 21.2. The van der Waals surface area contributed by atoms with E-state index in [1.807, 2.05) is 28.0 Å². The van der Waals surface area contributed by atoms with Crippen molar-refractivity contribution in [2.75, 3.05) is 13.1 Å². The quantitative estimate of drug-likeness (QED) is 0.651. The van der Waals surface area contributed by atoms with Crippen LogP contribution >= 0.6 is 0 Å². The summed E-state index contributed by atoms with van der Waals surface area (Å²) >= 11 is 0. The Morgan fingerprint density at radius 2 is 1.81 bits per heavy atom. The minimum absolute atomic E-state index is 0.0148. The summed E-state index contributed by atoms with van der Waals surface area (Å²) in [7, 11) is 0. The van der Waals surface area contributed by atoms with Crippen LogP contribution < -0.4 is 0 Å². The molecule has 3 aromatic rings. The lowest BCUT2D eigenvalue weighted by Gasteiger charge is -2.28. The van der Waals surface area contributed by atoms with Gasteiger partial charge < -0.3 is 9.80 Å². The molecule has 8 heteroatoms. The molecule has 158 valence electrons. The lowest BCUT2D eigenvalue weighted by Crippen LogP contribution is -2.38. The van der Waals surface area contributed by atoms with Gasteiger partial charge in [0.2, 0.25) is 0 Å². The monoisotopic (exact) mass is 416 g/mol. The number of rotatable bonds is 4. The first-order valence-corrected chi connectivity index (χ1v) is 10.7. The summed E-state index contributed by atoms with van der Waals surface area (Å²) in [5.74, 6) is -0.167. The van der Waals surface area contributed by atoms with Crippen molar-refractivity contribution in [3.05, 3.63) is 77.4 Å². The van der Waals surface area contributed by atoms with Crippen LogP contribution in [0.2, 0.25) is 0 Å². The molecule has 0 aliphatic carbocycles. The highest BCUT2D eigenvalue weighted by Gasteiger charge is 2.31. The SMILES string of the molecule is O=C(c1cn(CC2CCCN2C(=O)c2ccccn2)nn1)N1CCc2ccccc2C1. The number of carbonyl (C=O) groups excluding carboxylic acids is 2. The molecule has 31 heavy (non-hydrogen) atoms. The molecule has 2 amide bonds. The summed E-state index contributed by atoms with van der Waals surface area (Å²) < 4.78 is 1.68. The van der Waals surface area contributed by atoms with Crippen molar-refractivity contribution in [1.82, 2.24) is 29.8 Å². The van der Waals surface area contributed by atoms with Gasteiger partial charge in [-0.3, -0.25) is 14.6 Å². The molecular formula is C23H24N6O2. The summed E-state index contributed by atoms with van der Waals surface area (Å²) in [6.07, 6.45) is 6.02. The summed E-state index contributed by atoms with van der Waals surface area (Å²) in [6, 6.07) is 13.6. The zero-order valence-corrected chi connectivity index (χ0v) is 17.2. The number of aromatic nitrogens is 4. The van der Waals surface area contributed by atoms with Crippen LogP contribution in [-0.4, -0.2) is 60.7 Å². The second-order valence-electron chi connectivity index (χ2n) is 8.08. The molecule has 0 N–H and O–H groups in total. The normalized spacial score (nSPS) is 18.1. The van der Waals surface area contributed by atoms with Crippen molar-refractivity contribution < 1.29 is 9.59 Å². The van der Waals surface area contributed by atoms with E-state index in [1.165, 1.54) is 11.1 Å². The fourth-order valence-corrected chi connectivity index (χ4v) is 4.46. The number of hydrogen-bond donors (Lipinski definition) is 0. The first-order chi connectivity index (χ1) is 15.2. The van der Waals surface area contributed by atoms with Gasteiger partial charge in [-0.2, -0.15) is 0 Å². The van der Waals surface area contributed by atoms with Gasteiger partial charge in [0.15, 0.2) is 5.69 Å². The maximum absolute atomic E-state index is 13.0. The van der Waals surface area contributed by atoms with E-state index in [1.54, 1.807) is 29.2 Å². The maximum Gasteiger partial charge on any atom is 0.276 e. The van der Waals surface area contributed by atoms with Gasteiger partial charge in [-0.1, -0.05) is 35.5 Å². The molecular weight excluding hydrogens is 392 g/mol. The summed E-state index contributed by atoms with van der Waals surface area (Å²) in [6.45, 7) is 2.49. The lowest BCUT2D eigenvalue weighted by molar-refractivity contribution is 0.0710. The predicted molar refractivity (Wildman–Crippen MR) is 113 cm³/mol. The Balaban J connectivity index is 1.25. The Morgan fingerprint density at radius 1 is 0.968 bits per heavy atom. The molecule has 0 bridgehead atoms. The number of pyridine rings is 1. The minimum atomic E-state index is -0.103. The lowest BCUT2D eigenvalue weighted by atomic mass is 10.00. The van der Waals surface area contributed by atoms with Gasteiger partial charge in [0.1, 0.15) is 5.69 Å². The second kappa shape index (κ2) is 8.29. The largest absolute Gasteiger partial charge is 0.333 e. The molecule has 2 aliphatic rings. The van der Waals surface area contributed by atoms with Crippen molar-refractivity contribution in [1.29, 1.82) is 0 Å². The Kier molecular flexibility index (Phi) is 5.19. The van der Waals surface area contributed by atoms with Gasteiger partial charge in [0.25, 0.3) is 11.8 Å². The number of likely N-dealkylation sites (tertiary alicyclic amines) is 1.